The van der Waals surface area contributed by atoms with E-state index in [1.807, 2.05) is 32.0 Å². The summed E-state index contributed by atoms with van der Waals surface area (Å²) < 4.78 is 0. The lowest BCUT2D eigenvalue weighted by Gasteiger charge is -2.29. The van der Waals surface area contributed by atoms with Gasteiger partial charge in [-0.2, -0.15) is 0 Å². The fraction of sp³-hybridized carbons (Fsp3) is 0.579. The predicted octanol–water partition coefficient (Wildman–Crippen LogP) is 3.10. The molecule has 1 heterocycles. The van der Waals surface area contributed by atoms with Crippen LogP contribution in [0.25, 0.3) is 0 Å². The Kier molecular flexibility index (Phi) is 7.10. The Morgan fingerprint density at radius 3 is 2.52 bits per heavy atom. The van der Waals surface area contributed by atoms with Gasteiger partial charge in [-0.3, -0.25) is 4.79 Å². The molecule has 1 aromatic carbocycles. The maximum atomic E-state index is 12.2. The Morgan fingerprint density at radius 2 is 1.84 bits per heavy atom. The van der Waals surface area contributed by atoms with E-state index in [9.17, 15) is 9.59 Å². The molecule has 0 aliphatic carbocycles. The lowest BCUT2D eigenvalue weighted by molar-refractivity contribution is -0.123. The molecule has 2 atom stereocenters. The maximum Gasteiger partial charge on any atom is 0.319 e. The molecule has 6 heteroatoms. The quantitative estimate of drug-likeness (QED) is 0.741. The van der Waals surface area contributed by atoms with E-state index >= 15 is 0 Å². The Morgan fingerprint density at radius 1 is 1.12 bits per heavy atom. The molecule has 1 aliphatic heterocycles. The summed E-state index contributed by atoms with van der Waals surface area (Å²) in [6.45, 7) is 7.74. The molecule has 0 spiro atoms. The third-order valence-corrected chi connectivity index (χ3v) is 4.57. The highest BCUT2D eigenvalue weighted by atomic mass is 16.2. The normalized spacial score (nSPS) is 16.7. The third kappa shape index (κ3) is 5.96. The number of nitrogens with one attached hydrogen (secondary N) is 3. The zero-order chi connectivity index (χ0) is 18.2. The molecule has 0 radical (unpaired) electrons. The summed E-state index contributed by atoms with van der Waals surface area (Å²) in [6.07, 6.45) is 4.56. The van der Waals surface area contributed by atoms with E-state index < -0.39 is 6.04 Å². The minimum atomic E-state index is -0.584. The number of nitrogens with zero attached hydrogens (tertiary/aromatic N) is 1. The van der Waals surface area contributed by atoms with E-state index in [4.69, 9.17) is 0 Å². The Labute approximate surface area is 150 Å². The number of hydrogen-bond donors (Lipinski definition) is 3. The van der Waals surface area contributed by atoms with E-state index in [2.05, 4.69) is 26.9 Å². The zero-order valence-electron chi connectivity index (χ0n) is 15.5. The molecule has 3 N–H and O–H groups in total. The van der Waals surface area contributed by atoms with Gasteiger partial charge >= 0.3 is 6.03 Å². The van der Waals surface area contributed by atoms with Crippen LogP contribution in [0.15, 0.2) is 24.3 Å². The van der Waals surface area contributed by atoms with Gasteiger partial charge in [-0.25, -0.2) is 4.79 Å². The van der Waals surface area contributed by atoms with Crippen molar-refractivity contribution < 1.29 is 9.59 Å². The first-order chi connectivity index (χ1) is 12.0. The van der Waals surface area contributed by atoms with Gasteiger partial charge in [0.1, 0.15) is 6.04 Å². The van der Waals surface area contributed by atoms with Gasteiger partial charge in [0.25, 0.3) is 0 Å². The van der Waals surface area contributed by atoms with Gasteiger partial charge in [0.05, 0.1) is 0 Å². The highest BCUT2D eigenvalue weighted by Crippen LogP contribution is 2.22. The van der Waals surface area contributed by atoms with Crippen LogP contribution in [0.5, 0.6) is 0 Å². The van der Waals surface area contributed by atoms with Crippen molar-refractivity contribution in [3.63, 3.8) is 0 Å². The van der Waals surface area contributed by atoms with Crippen LogP contribution in [0.1, 0.15) is 46.5 Å². The molecule has 1 fully saturated rings. The van der Waals surface area contributed by atoms with Gasteiger partial charge in [0.15, 0.2) is 0 Å². The Bertz CT molecular complexity index is 585. The van der Waals surface area contributed by atoms with Crippen LogP contribution in [0.3, 0.4) is 0 Å². The first-order valence-electron chi connectivity index (χ1n) is 9.22. The minimum absolute atomic E-state index is 0.0982. The van der Waals surface area contributed by atoms with Crippen molar-refractivity contribution in [1.29, 1.82) is 0 Å². The largest absolute Gasteiger partial charge is 0.371 e. The molecule has 2 unspecified atom stereocenters. The Balaban J connectivity index is 1.88. The van der Waals surface area contributed by atoms with E-state index in [1.54, 1.807) is 6.92 Å². The minimum Gasteiger partial charge on any atom is -0.371 e. The summed E-state index contributed by atoms with van der Waals surface area (Å²) in [5.41, 5.74) is 1.86. The van der Waals surface area contributed by atoms with Crippen molar-refractivity contribution in [2.24, 2.45) is 0 Å². The molecule has 0 aromatic heterocycles. The molecule has 1 aromatic rings. The van der Waals surface area contributed by atoms with E-state index in [-0.39, 0.29) is 18.0 Å². The van der Waals surface area contributed by atoms with Crippen molar-refractivity contribution in [3.8, 4) is 0 Å². The highest BCUT2D eigenvalue weighted by molar-refractivity contribution is 5.93. The van der Waals surface area contributed by atoms with Crippen LogP contribution in [0.4, 0.5) is 16.2 Å². The van der Waals surface area contributed by atoms with E-state index in [0.29, 0.717) is 0 Å². The van der Waals surface area contributed by atoms with Gasteiger partial charge < -0.3 is 20.9 Å². The lowest BCUT2D eigenvalue weighted by atomic mass is 10.1. The first kappa shape index (κ1) is 19.1. The average Bonchev–Trinajstić information content (AvgIpc) is 2.62. The number of benzene rings is 1. The summed E-state index contributed by atoms with van der Waals surface area (Å²) in [4.78, 5) is 26.5. The first-order valence-corrected chi connectivity index (χ1v) is 9.22. The highest BCUT2D eigenvalue weighted by Gasteiger charge is 2.17. The number of amides is 3. The van der Waals surface area contributed by atoms with Gasteiger partial charge in [-0.1, -0.05) is 13.0 Å². The molecule has 1 aliphatic rings. The van der Waals surface area contributed by atoms with Gasteiger partial charge in [0, 0.05) is 30.5 Å². The molecule has 0 bridgehead atoms. The molecule has 0 saturated carbocycles. The summed E-state index contributed by atoms with van der Waals surface area (Å²) in [6, 6.07) is 6.99. The molecule has 6 nitrogen and oxygen atoms in total. The number of urea groups is 1. The Hall–Kier alpha value is -2.24. The summed E-state index contributed by atoms with van der Waals surface area (Å²) in [7, 11) is 0. The fourth-order valence-corrected chi connectivity index (χ4v) is 2.83. The number of carbonyl (C=O) groups is 2. The van der Waals surface area contributed by atoms with Crippen LogP contribution >= 0.6 is 0 Å². The topological polar surface area (TPSA) is 73.5 Å². The molecular weight excluding hydrogens is 316 g/mol. The second-order valence-electron chi connectivity index (χ2n) is 6.74. The van der Waals surface area contributed by atoms with Crippen molar-refractivity contribution in [1.82, 2.24) is 10.6 Å². The molecular formula is C19H30N4O2. The van der Waals surface area contributed by atoms with Gasteiger partial charge in [0.2, 0.25) is 5.91 Å². The second-order valence-corrected chi connectivity index (χ2v) is 6.74. The van der Waals surface area contributed by atoms with Crippen molar-refractivity contribution in [3.05, 3.63) is 24.3 Å². The van der Waals surface area contributed by atoms with Crippen LogP contribution in [0, 0.1) is 0 Å². The lowest BCUT2D eigenvalue weighted by Crippen LogP contribution is -2.48. The predicted molar refractivity (Wildman–Crippen MR) is 102 cm³/mol. The van der Waals surface area contributed by atoms with Gasteiger partial charge in [-0.05, 0) is 57.7 Å². The molecule has 138 valence electrons. The average molecular weight is 346 g/mol. The van der Waals surface area contributed by atoms with Crippen LogP contribution < -0.4 is 20.9 Å². The van der Waals surface area contributed by atoms with Crippen LogP contribution in [-0.2, 0) is 4.79 Å². The number of hydrogen-bond acceptors (Lipinski definition) is 3. The van der Waals surface area contributed by atoms with E-state index in [0.717, 1.165) is 30.9 Å². The van der Waals surface area contributed by atoms with Crippen LogP contribution in [-0.4, -0.2) is 37.1 Å². The monoisotopic (exact) mass is 346 g/mol. The smallest absolute Gasteiger partial charge is 0.319 e. The molecule has 3 amide bonds. The number of rotatable bonds is 6. The number of anilines is 2. The maximum absolute atomic E-state index is 12.2. The summed E-state index contributed by atoms with van der Waals surface area (Å²) in [5, 5.41) is 8.36. The molecule has 2 rings (SSSR count). The second kappa shape index (κ2) is 9.30. The molecule has 25 heavy (non-hydrogen) atoms. The summed E-state index contributed by atoms with van der Waals surface area (Å²) in [5.74, 6) is -0.174. The van der Waals surface area contributed by atoms with E-state index in [1.165, 1.54) is 19.3 Å². The summed E-state index contributed by atoms with van der Waals surface area (Å²) >= 11 is 0. The fourth-order valence-electron chi connectivity index (χ4n) is 2.83. The number of carbonyl (C=O) groups excluding carboxylic acids is 2. The van der Waals surface area contributed by atoms with Crippen LogP contribution in [0.2, 0.25) is 0 Å². The van der Waals surface area contributed by atoms with Crippen molar-refractivity contribution in [2.75, 3.05) is 23.3 Å². The van der Waals surface area contributed by atoms with Crippen molar-refractivity contribution >= 4 is 23.3 Å². The zero-order valence-corrected chi connectivity index (χ0v) is 15.5. The van der Waals surface area contributed by atoms with Gasteiger partial charge in [-0.15, -0.1) is 0 Å². The molecule has 1 saturated heterocycles. The standard InChI is InChI=1S/C19H30N4O2/c1-4-14(2)20-18(24)15(3)21-19(25)22-16-9-8-10-17(13-16)23-11-6-5-7-12-23/h8-10,13-15H,4-7,11-12H2,1-3H3,(H,20,24)(H2,21,22,25). The number of piperidine rings is 1. The van der Waals surface area contributed by atoms with Crippen molar-refractivity contribution in [2.45, 2.75) is 58.5 Å². The third-order valence-electron chi connectivity index (χ3n) is 4.57. The SMILES string of the molecule is CCC(C)NC(=O)C(C)NC(=O)Nc1cccc(N2CCCCC2)c1.